The lowest BCUT2D eigenvalue weighted by atomic mass is 9.33. The molecule has 0 spiro atoms. The maximum absolute atomic E-state index is 13.8. The van der Waals surface area contributed by atoms with Crippen LogP contribution in [0, 0.1) is 50.2 Å². The topological polar surface area (TPSA) is 281 Å². The summed E-state index contributed by atoms with van der Waals surface area (Å²) in [6, 6.07) is 0. The van der Waals surface area contributed by atoms with Crippen molar-refractivity contribution in [2.24, 2.45) is 50.2 Å². The number of methoxy groups -OCH3 is 1. The number of carbonyl (C=O) groups is 2. The van der Waals surface area contributed by atoms with Gasteiger partial charge < -0.3 is 79.1 Å². The molecule has 0 radical (unpaired) electrons. The third-order valence-corrected chi connectivity index (χ3v) is 19.4. The van der Waals surface area contributed by atoms with Crippen molar-refractivity contribution in [1.29, 1.82) is 0 Å². The van der Waals surface area contributed by atoms with Crippen LogP contribution in [-0.2, 0) is 42.7 Å². The van der Waals surface area contributed by atoms with Gasteiger partial charge >= 0.3 is 5.97 Å². The number of ketones is 1. The Hall–Kier alpha value is -1.72. The highest BCUT2D eigenvalue weighted by atomic mass is 16.8. The summed E-state index contributed by atoms with van der Waals surface area (Å²) in [7, 11) is 1.09. The number of allylic oxidation sites excluding steroid dienone is 2. The summed E-state index contributed by atoms with van der Waals surface area (Å²) in [6.45, 7) is 16.2. The van der Waals surface area contributed by atoms with E-state index in [9.17, 15) is 55.5 Å². The molecule has 3 saturated heterocycles. The molecule has 0 aromatic heterocycles. The highest BCUT2D eigenvalue weighted by Crippen LogP contribution is 2.75. The van der Waals surface area contributed by atoms with Crippen molar-refractivity contribution in [3.8, 4) is 0 Å². The molecule has 382 valence electrons. The van der Waals surface area contributed by atoms with Crippen molar-refractivity contribution < 1.29 is 88.7 Å². The van der Waals surface area contributed by atoms with Gasteiger partial charge in [0.15, 0.2) is 25.0 Å². The molecule has 3 aliphatic heterocycles. The monoisotopic (exact) mass is 955 g/mol. The lowest BCUT2D eigenvalue weighted by Crippen LogP contribution is -2.68. The molecule has 0 bridgehead atoms. The summed E-state index contributed by atoms with van der Waals surface area (Å²) in [4.78, 5) is 26.9. The Morgan fingerprint density at radius 2 is 1.36 bits per heavy atom. The smallest absolute Gasteiger partial charge is 0.337 e. The molecule has 8 aliphatic rings. The van der Waals surface area contributed by atoms with Gasteiger partial charge in [0.1, 0.15) is 66.8 Å². The minimum Gasteiger partial charge on any atom is -0.467 e. The standard InChI is InChI=1S/C49H78O18/c1-22-30(53)32(55)36(59)41(62-22)66-38-33(56)31(54)25(20-50)63-42(38)67-39-35(58)34(57)37(40(60)61-9)65-43(39)64-29-13-14-46(5)26(47(29,6)21-51)12-15-49(8)27(46)11-10-23-24-18-44(2,3)19-28(52)45(24,4)16-17-48(23,49)7/h10,22,24-27,29-39,41-43,50-51,53-59H,11-21H2,1-9H3/t22-,24?,25+,26?,27?,29-,30-,31+,32+,33-,34-,35-,36+,37?,38+,39+,41-,42-,43+,45+,46-,47+,48+,49+/m0/s1. The summed E-state index contributed by atoms with van der Waals surface area (Å²) < 4.78 is 41.6. The second-order valence-electron chi connectivity index (χ2n) is 23.6. The lowest BCUT2D eigenvalue weighted by molar-refractivity contribution is -0.396. The molecule has 8 rings (SSSR count). The van der Waals surface area contributed by atoms with Crippen LogP contribution < -0.4 is 0 Å². The summed E-state index contributed by atoms with van der Waals surface area (Å²) >= 11 is 0. The van der Waals surface area contributed by atoms with E-state index in [1.54, 1.807) is 0 Å². The van der Waals surface area contributed by atoms with Crippen molar-refractivity contribution in [3.63, 3.8) is 0 Å². The number of aliphatic hydroxyl groups excluding tert-OH is 9. The van der Waals surface area contributed by atoms with Crippen molar-refractivity contribution in [3.05, 3.63) is 11.6 Å². The minimum absolute atomic E-state index is 0.0705. The van der Waals surface area contributed by atoms with E-state index in [4.69, 9.17) is 33.2 Å². The average molecular weight is 955 g/mol. The molecular formula is C49H78O18. The number of hydrogen-bond donors (Lipinski definition) is 9. The molecule has 0 amide bonds. The van der Waals surface area contributed by atoms with Gasteiger partial charge in [-0.3, -0.25) is 4.79 Å². The number of fused-ring (bicyclic) bond motifs is 7. The summed E-state index contributed by atoms with van der Waals surface area (Å²) in [5.41, 5.74) is -0.412. The number of aliphatic hydroxyl groups is 9. The Morgan fingerprint density at radius 3 is 2.00 bits per heavy atom. The Morgan fingerprint density at radius 1 is 0.716 bits per heavy atom. The maximum atomic E-state index is 13.8. The zero-order valence-corrected chi connectivity index (χ0v) is 40.5. The van der Waals surface area contributed by atoms with Crippen LogP contribution in [0.5, 0.6) is 0 Å². The molecule has 0 aromatic rings. The van der Waals surface area contributed by atoms with Crippen LogP contribution in [0.1, 0.15) is 113 Å². The van der Waals surface area contributed by atoms with Crippen molar-refractivity contribution in [2.45, 2.75) is 211 Å². The molecule has 9 N–H and O–H groups in total. The van der Waals surface area contributed by atoms with Gasteiger partial charge in [0.2, 0.25) is 0 Å². The predicted octanol–water partition coefficient (Wildman–Crippen LogP) is 1.00. The quantitative estimate of drug-likeness (QED) is 0.0886. The molecule has 18 heteroatoms. The third-order valence-electron chi connectivity index (χ3n) is 19.4. The number of ether oxygens (including phenoxy) is 7. The van der Waals surface area contributed by atoms with Crippen LogP contribution in [0.3, 0.4) is 0 Å². The highest BCUT2D eigenvalue weighted by Gasteiger charge is 2.70. The Labute approximate surface area is 393 Å². The van der Waals surface area contributed by atoms with Gasteiger partial charge in [-0.1, -0.05) is 60.1 Å². The van der Waals surface area contributed by atoms with Crippen molar-refractivity contribution in [1.82, 2.24) is 0 Å². The van der Waals surface area contributed by atoms with Gasteiger partial charge in [-0.05, 0) is 97.7 Å². The average Bonchev–Trinajstić information content (AvgIpc) is 3.28. The van der Waals surface area contributed by atoms with Gasteiger partial charge in [-0.15, -0.1) is 0 Å². The Kier molecular flexibility index (Phi) is 13.9. The zero-order valence-electron chi connectivity index (χ0n) is 40.5. The first-order chi connectivity index (χ1) is 31.3. The van der Waals surface area contributed by atoms with Crippen LogP contribution in [0.15, 0.2) is 11.6 Å². The van der Waals surface area contributed by atoms with E-state index < -0.39 is 116 Å². The van der Waals surface area contributed by atoms with E-state index in [0.29, 0.717) is 25.0 Å². The van der Waals surface area contributed by atoms with Crippen molar-refractivity contribution in [2.75, 3.05) is 20.3 Å². The molecule has 0 aromatic carbocycles. The number of esters is 1. The van der Waals surface area contributed by atoms with E-state index in [0.717, 1.165) is 45.6 Å². The lowest BCUT2D eigenvalue weighted by Gasteiger charge is -2.71. The first-order valence-corrected chi connectivity index (χ1v) is 24.5. The van der Waals surface area contributed by atoms with Gasteiger partial charge in [-0.2, -0.15) is 0 Å². The molecule has 24 atom stereocenters. The van der Waals surface area contributed by atoms with E-state index in [2.05, 4.69) is 47.6 Å². The molecule has 5 aliphatic carbocycles. The molecule has 4 saturated carbocycles. The fourth-order valence-electron chi connectivity index (χ4n) is 15.0. The highest BCUT2D eigenvalue weighted by molar-refractivity contribution is 5.87. The van der Waals surface area contributed by atoms with E-state index in [1.165, 1.54) is 12.5 Å². The number of hydrogen-bond acceptors (Lipinski definition) is 18. The van der Waals surface area contributed by atoms with Crippen molar-refractivity contribution >= 4 is 11.8 Å². The van der Waals surface area contributed by atoms with Gasteiger partial charge in [-0.25, -0.2) is 4.79 Å². The van der Waals surface area contributed by atoms with Crippen LogP contribution in [0.25, 0.3) is 0 Å². The SMILES string of the molecule is COC(=O)C1O[C@@H](O[C@H]2CC[C@@]3(C)C(CC[C@]4(C)C3CC=C3C5CC(C)(C)CC(=O)[C@]5(C)CC[C@]34C)[C@@]2(C)CO)[C@H](O[C@@H]2O[C@H](CO)[C@@H](O)[C@H](O)[C@H]2O[C@@H]2O[C@@H](C)[C@H](O)[C@@H](O)[C@H]2O)[C@@H](O)[C@@H]1O. The van der Waals surface area contributed by atoms with Crippen LogP contribution >= 0.6 is 0 Å². The molecule has 3 heterocycles. The second-order valence-corrected chi connectivity index (χ2v) is 23.6. The van der Waals surface area contributed by atoms with E-state index in [1.807, 2.05) is 6.92 Å². The summed E-state index contributed by atoms with van der Waals surface area (Å²) in [5, 5.41) is 98.7. The van der Waals surface area contributed by atoms with E-state index >= 15 is 0 Å². The first kappa shape index (κ1) is 51.6. The Bertz CT molecular complexity index is 1880. The van der Waals surface area contributed by atoms with Crippen LogP contribution in [-0.4, -0.2) is 176 Å². The second kappa shape index (κ2) is 18.1. The van der Waals surface area contributed by atoms with Gasteiger partial charge in [0, 0.05) is 17.3 Å². The molecule has 4 unspecified atom stereocenters. The normalized spacial score (nSPS) is 54.1. The predicted molar refractivity (Wildman–Crippen MR) is 234 cm³/mol. The molecular weight excluding hydrogens is 877 g/mol. The number of Topliss-reactive ketones (excluding diaryl/α,β-unsaturated/α-hetero) is 1. The molecule has 67 heavy (non-hydrogen) atoms. The van der Waals surface area contributed by atoms with E-state index in [-0.39, 0.29) is 51.4 Å². The zero-order chi connectivity index (χ0) is 49.1. The largest absolute Gasteiger partial charge is 0.467 e. The van der Waals surface area contributed by atoms with Gasteiger partial charge in [0.25, 0.3) is 0 Å². The third kappa shape index (κ3) is 8.02. The fourth-order valence-corrected chi connectivity index (χ4v) is 15.0. The number of rotatable bonds is 9. The molecule has 18 nitrogen and oxygen atoms in total. The van der Waals surface area contributed by atoms with Crippen LogP contribution in [0.4, 0.5) is 0 Å². The Balaban J connectivity index is 1.08. The van der Waals surface area contributed by atoms with Gasteiger partial charge in [0.05, 0.1) is 32.5 Å². The summed E-state index contributed by atoms with van der Waals surface area (Å²) in [5.74, 6) is -0.283. The molecule has 7 fully saturated rings. The first-order valence-electron chi connectivity index (χ1n) is 24.5. The number of carbonyl (C=O) groups excluding carboxylic acids is 2. The fraction of sp³-hybridized carbons (Fsp3) is 0.918. The van der Waals surface area contributed by atoms with Crippen LogP contribution in [0.2, 0.25) is 0 Å². The maximum Gasteiger partial charge on any atom is 0.337 e. The summed E-state index contributed by atoms with van der Waals surface area (Å²) in [6.07, 6.45) is -16.9. The minimum atomic E-state index is -1.95.